The lowest BCUT2D eigenvalue weighted by molar-refractivity contribution is -0.262. The van der Waals surface area contributed by atoms with Gasteiger partial charge in [-0.1, -0.05) is 84.0 Å². The van der Waals surface area contributed by atoms with Gasteiger partial charge < -0.3 is 24.5 Å². The highest BCUT2D eigenvalue weighted by molar-refractivity contribution is 7.17. The zero-order valence-electron chi connectivity index (χ0n) is 24.1. The van der Waals surface area contributed by atoms with E-state index in [2.05, 4.69) is 21.9 Å². The molecule has 2 N–H and O–H groups in total. The summed E-state index contributed by atoms with van der Waals surface area (Å²) >= 11 is 0. The summed E-state index contributed by atoms with van der Waals surface area (Å²) < 4.78 is 35.0. The Morgan fingerprint density at radius 1 is 0.846 bits per heavy atom. The van der Waals surface area contributed by atoms with Crippen LogP contribution in [0.2, 0.25) is 0 Å². The van der Waals surface area contributed by atoms with E-state index in [1.165, 1.54) is 83.4 Å². The van der Waals surface area contributed by atoms with E-state index in [-0.39, 0.29) is 6.10 Å². The SMILES string of the molecule is CCCCCCCCCCCCCCCOCCCCOC(OP=O)O[C@H](C)Cn1cnc2c(N)ncnc21. The van der Waals surface area contributed by atoms with Crippen molar-refractivity contribution in [2.24, 2.45) is 0 Å². The predicted octanol–water partition coefficient (Wildman–Crippen LogP) is 7.23. The number of nitrogens with two attached hydrogens (primary N) is 1. The van der Waals surface area contributed by atoms with Crippen molar-refractivity contribution in [3.05, 3.63) is 12.7 Å². The minimum Gasteiger partial charge on any atom is -0.382 e. The molecule has 222 valence electrons. The Labute approximate surface area is 236 Å². The Bertz CT molecular complexity index is 887. The Balaban J connectivity index is 1.42. The molecule has 2 aromatic rings. The number of anilines is 1. The molecular formula is C28H50N5O5P. The van der Waals surface area contributed by atoms with Crippen LogP contribution in [0.3, 0.4) is 0 Å². The normalized spacial score (nSPS) is 13.4. The van der Waals surface area contributed by atoms with Crippen LogP contribution in [0, 0.1) is 0 Å². The lowest BCUT2D eigenvalue weighted by Crippen LogP contribution is -2.27. The quantitative estimate of drug-likeness (QED) is 0.0712. The van der Waals surface area contributed by atoms with Gasteiger partial charge in [-0.3, -0.25) is 0 Å². The summed E-state index contributed by atoms with van der Waals surface area (Å²) in [6, 6.07) is 0. The number of aromatic nitrogens is 4. The highest BCUT2D eigenvalue weighted by Crippen LogP contribution is 2.17. The Hall–Kier alpha value is -1.71. The highest BCUT2D eigenvalue weighted by atomic mass is 31.1. The number of nitrogens with zero attached hydrogens (tertiary/aromatic N) is 4. The van der Waals surface area contributed by atoms with E-state index < -0.39 is 15.2 Å². The van der Waals surface area contributed by atoms with Gasteiger partial charge in [0.25, 0.3) is 6.48 Å². The lowest BCUT2D eigenvalue weighted by Gasteiger charge is -2.20. The van der Waals surface area contributed by atoms with Crippen LogP contribution in [0.1, 0.15) is 110 Å². The van der Waals surface area contributed by atoms with E-state index in [0.29, 0.717) is 36.7 Å². The summed E-state index contributed by atoms with van der Waals surface area (Å²) in [5.74, 6) is 0.329. The van der Waals surface area contributed by atoms with Gasteiger partial charge in [0, 0.05) is 13.2 Å². The molecule has 10 nitrogen and oxygen atoms in total. The third-order valence-corrected chi connectivity index (χ3v) is 6.94. The summed E-state index contributed by atoms with van der Waals surface area (Å²) in [7, 11) is -0.501. The molecule has 2 heterocycles. The molecular weight excluding hydrogens is 517 g/mol. The van der Waals surface area contributed by atoms with Crippen LogP contribution in [-0.4, -0.2) is 51.9 Å². The van der Waals surface area contributed by atoms with Crippen molar-refractivity contribution in [1.29, 1.82) is 0 Å². The van der Waals surface area contributed by atoms with Gasteiger partial charge in [-0.15, -0.1) is 0 Å². The number of ether oxygens (including phenoxy) is 3. The number of unbranched alkanes of at least 4 members (excludes halogenated alkanes) is 13. The molecule has 2 atom stereocenters. The standard InChI is InChI=1S/C28H50N5O5P/c1-3-4-5-6-7-8-9-10-11-12-13-14-15-18-35-19-16-17-20-36-28(38-39-34)37-24(2)21-33-23-32-25-26(29)30-22-31-27(25)33/h22-24,28H,3-21H2,1-2H3,(H2,29,30,31)/t24-,28?/m1/s1. The van der Waals surface area contributed by atoms with Crippen LogP contribution in [-0.2, 0) is 29.8 Å². The molecule has 39 heavy (non-hydrogen) atoms. The fourth-order valence-electron chi connectivity index (χ4n) is 4.48. The summed E-state index contributed by atoms with van der Waals surface area (Å²) in [5.41, 5.74) is 7.01. The fraction of sp³-hybridized carbons (Fsp3) is 0.821. The first-order chi connectivity index (χ1) is 19.2. The third-order valence-electron chi connectivity index (χ3n) is 6.69. The van der Waals surface area contributed by atoms with E-state index >= 15 is 0 Å². The van der Waals surface area contributed by atoms with Crippen LogP contribution in [0.25, 0.3) is 11.2 Å². The van der Waals surface area contributed by atoms with Crippen LogP contribution >= 0.6 is 8.69 Å². The first-order valence-electron chi connectivity index (χ1n) is 14.9. The summed E-state index contributed by atoms with van der Waals surface area (Å²) in [6.07, 6.45) is 22.0. The van der Waals surface area contributed by atoms with Crippen molar-refractivity contribution in [3.63, 3.8) is 0 Å². The number of hydrogen-bond acceptors (Lipinski definition) is 9. The molecule has 0 bridgehead atoms. The van der Waals surface area contributed by atoms with Crippen LogP contribution in [0.4, 0.5) is 5.82 Å². The lowest BCUT2D eigenvalue weighted by atomic mass is 10.0. The first-order valence-corrected chi connectivity index (χ1v) is 15.6. The molecule has 0 saturated heterocycles. The Morgan fingerprint density at radius 2 is 1.44 bits per heavy atom. The number of fused-ring (bicyclic) bond motifs is 1. The second kappa shape index (κ2) is 22.0. The molecule has 0 fully saturated rings. The van der Waals surface area contributed by atoms with Gasteiger partial charge in [-0.05, 0) is 26.2 Å². The highest BCUT2D eigenvalue weighted by Gasteiger charge is 2.17. The van der Waals surface area contributed by atoms with Gasteiger partial charge in [-0.25, -0.2) is 24.0 Å². The molecule has 2 rings (SSSR count). The largest absolute Gasteiger partial charge is 0.382 e. The summed E-state index contributed by atoms with van der Waals surface area (Å²) in [4.78, 5) is 12.4. The van der Waals surface area contributed by atoms with Crippen molar-refractivity contribution in [3.8, 4) is 0 Å². The molecule has 11 heteroatoms. The number of rotatable bonds is 26. The zero-order valence-corrected chi connectivity index (χ0v) is 25.0. The second-order valence-corrected chi connectivity index (χ2v) is 10.5. The smallest absolute Gasteiger partial charge is 0.331 e. The van der Waals surface area contributed by atoms with Crippen molar-refractivity contribution < 1.29 is 23.3 Å². The molecule has 0 aliphatic heterocycles. The minimum absolute atomic E-state index is 0.311. The van der Waals surface area contributed by atoms with Gasteiger partial charge >= 0.3 is 8.69 Å². The minimum atomic E-state index is -1.03. The molecule has 0 radical (unpaired) electrons. The van der Waals surface area contributed by atoms with Crippen molar-refractivity contribution >= 4 is 25.7 Å². The maximum atomic E-state index is 11.0. The van der Waals surface area contributed by atoms with Gasteiger partial charge in [0.2, 0.25) is 0 Å². The van der Waals surface area contributed by atoms with Crippen molar-refractivity contribution in [2.45, 2.75) is 129 Å². The number of imidazole rings is 1. The zero-order chi connectivity index (χ0) is 28.0. The molecule has 0 spiro atoms. The molecule has 0 saturated carbocycles. The van der Waals surface area contributed by atoms with E-state index in [0.717, 1.165) is 25.9 Å². The Morgan fingerprint density at radius 3 is 2.08 bits per heavy atom. The maximum Gasteiger partial charge on any atom is 0.331 e. The van der Waals surface area contributed by atoms with Gasteiger partial charge in [0.05, 0.1) is 25.6 Å². The van der Waals surface area contributed by atoms with E-state index in [1.807, 2.05) is 11.5 Å². The van der Waals surface area contributed by atoms with Gasteiger partial charge in [0.1, 0.15) is 11.8 Å². The summed E-state index contributed by atoms with van der Waals surface area (Å²) in [6.45, 7) is 5.51. The molecule has 2 aromatic heterocycles. The predicted molar refractivity (Wildman–Crippen MR) is 154 cm³/mol. The van der Waals surface area contributed by atoms with Crippen molar-refractivity contribution in [2.75, 3.05) is 25.6 Å². The van der Waals surface area contributed by atoms with E-state index in [9.17, 15) is 4.57 Å². The maximum absolute atomic E-state index is 11.0. The second-order valence-electron chi connectivity index (χ2n) is 10.2. The summed E-state index contributed by atoms with van der Waals surface area (Å²) in [5, 5.41) is 0. The number of nitrogen functional groups attached to an aromatic ring is 1. The topological polar surface area (TPSA) is 124 Å². The average Bonchev–Trinajstić information content (AvgIpc) is 3.33. The van der Waals surface area contributed by atoms with E-state index in [1.54, 1.807) is 6.33 Å². The molecule has 0 aliphatic rings. The van der Waals surface area contributed by atoms with Crippen molar-refractivity contribution in [1.82, 2.24) is 19.5 Å². The van der Waals surface area contributed by atoms with Crippen LogP contribution in [0.15, 0.2) is 12.7 Å². The van der Waals surface area contributed by atoms with Gasteiger partial charge in [0.15, 0.2) is 11.5 Å². The first kappa shape index (κ1) is 33.5. The van der Waals surface area contributed by atoms with Gasteiger partial charge in [-0.2, -0.15) is 0 Å². The van der Waals surface area contributed by atoms with Crippen LogP contribution in [0.5, 0.6) is 0 Å². The molecule has 1 unspecified atom stereocenters. The molecule has 0 amide bonds. The third kappa shape index (κ3) is 15.0. The van der Waals surface area contributed by atoms with Crippen LogP contribution < -0.4 is 5.73 Å². The fourth-order valence-corrected chi connectivity index (χ4v) is 4.66. The molecule has 0 aliphatic carbocycles. The Kier molecular flexibility index (Phi) is 18.9. The van der Waals surface area contributed by atoms with E-state index in [4.69, 9.17) is 24.5 Å². The number of hydrogen-bond donors (Lipinski definition) is 1. The monoisotopic (exact) mass is 567 g/mol. The molecule has 0 aromatic carbocycles. The average molecular weight is 568 g/mol.